The number of nitrogens with one attached hydrogen (secondary N) is 1. The zero-order chi connectivity index (χ0) is 11.7. The molecule has 16 heavy (non-hydrogen) atoms. The van der Waals surface area contributed by atoms with Gasteiger partial charge < -0.3 is 9.72 Å². The van der Waals surface area contributed by atoms with Gasteiger partial charge in [0, 0.05) is 19.2 Å². The Balaban J connectivity index is 2.65. The summed E-state index contributed by atoms with van der Waals surface area (Å²) in [5, 5.41) is 4.44. The van der Waals surface area contributed by atoms with Crippen molar-refractivity contribution in [3.63, 3.8) is 0 Å². The van der Waals surface area contributed by atoms with Gasteiger partial charge in [0.1, 0.15) is 5.65 Å². The van der Waals surface area contributed by atoms with Crippen molar-refractivity contribution >= 4 is 5.65 Å². The second kappa shape index (κ2) is 4.09. The normalized spacial score (nSPS) is 11.5. The third-order valence-electron chi connectivity index (χ3n) is 2.43. The van der Waals surface area contributed by atoms with Crippen LogP contribution in [0.1, 0.15) is 31.2 Å². The van der Waals surface area contributed by atoms with Crippen LogP contribution < -0.4 is 5.56 Å². The van der Waals surface area contributed by atoms with Crippen LogP contribution in [0.4, 0.5) is 0 Å². The Morgan fingerprint density at radius 1 is 1.50 bits per heavy atom. The highest BCUT2D eigenvalue weighted by molar-refractivity contribution is 5.40. The Kier molecular flexibility index (Phi) is 2.78. The summed E-state index contributed by atoms with van der Waals surface area (Å²) in [6.07, 6.45) is 0. The van der Waals surface area contributed by atoms with Crippen LogP contribution in [-0.4, -0.2) is 21.7 Å². The Hall–Kier alpha value is -1.62. The van der Waals surface area contributed by atoms with E-state index in [2.05, 4.69) is 23.9 Å². The number of hydrogen-bond acceptors (Lipinski definition) is 3. The number of aromatic amines is 1. The Labute approximate surface area is 93.1 Å². The lowest BCUT2D eigenvalue weighted by Gasteiger charge is -2.02. The molecule has 0 saturated carbocycles. The number of nitrogens with zero attached hydrogens (tertiary/aromatic N) is 2. The van der Waals surface area contributed by atoms with E-state index in [9.17, 15) is 4.79 Å². The van der Waals surface area contributed by atoms with Gasteiger partial charge in [-0.2, -0.15) is 5.10 Å². The predicted molar refractivity (Wildman–Crippen MR) is 60.6 cm³/mol. The Morgan fingerprint density at radius 2 is 2.25 bits per heavy atom. The first kappa shape index (κ1) is 10.9. The molecule has 0 saturated heterocycles. The van der Waals surface area contributed by atoms with Gasteiger partial charge in [0.15, 0.2) is 0 Å². The molecule has 86 valence electrons. The molecule has 2 aromatic rings. The first-order valence-electron chi connectivity index (χ1n) is 5.22. The average Bonchev–Trinajstić information content (AvgIpc) is 2.61. The standard InChI is InChI=1S/C11H15N3O2/c1-7(2)9-5-10-12-11(15)4-8(6-16-3)14(10)13-9/h4-5,7H,6H2,1-3H3,(H,12,15). The van der Waals surface area contributed by atoms with Crippen LogP contribution in [0.2, 0.25) is 0 Å². The van der Waals surface area contributed by atoms with Gasteiger partial charge in [0.05, 0.1) is 18.0 Å². The maximum atomic E-state index is 11.4. The highest BCUT2D eigenvalue weighted by Gasteiger charge is 2.09. The first-order chi connectivity index (χ1) is 7.61. The first-order valence-corrected chi connectivity index (χ1v) is 5.22. The lowest BCUT2D eigenvalue weighted by atomic mass is 10.1. The third kappa shape index (κ3) is 1.86. The summed E-state index contributed by atoms with van der Waals surface area (Å²) in [6, 6.07) is 3.40. The molecule has 0 spiro atoms. The minimum atomic E-state index is -0.130. The van der Waals surface area contributed by atoms with Crippen LogP contribution in [0.3, 0.4) is 0 Å². The van der Waals surface area contributed by atoms with E-state index in [0.717, 1.165) is 11.4 Å². The van der Waals surface area contributed by atoms with Crippen molar-refractivity contribution in [3.8, 4) is 0 Å². The summed E-state index contributed by atoms with van der Waals surface area (Å²) in [4.78, 5) is 14.2. The minimum absolute atomic E-state index is 0.130. The molecule has 0 unspecified atom stereocenters. The van der Waals surface area contributed by atoms with Gasteiger partial charge in [-0.1, -0.05) is 13.8 Å². The van der Waals surface area contributed by atoms with E-state index < -0.39 is 0 Å². The number of fused-ring (bicyclic) bond motifs is 1. The quantitative estimate of drug-likeness (QED) is 0.849. The molecule has 2 aromatic heterocycles. The van der Waals surface area contributed by atoms with E-state index in [-0.39, 0.29) is 5.56 Å². The van der Waals surface area contributed by atoms with Crippen molar-refractivity contribution in [2.75, 3.05) is 7.11 Å². The fourth-order valence-electron chi connectivity index (χ4n) is 1.62. The van der Waals surface area contributed by atoms with Crippen LogP contribution in [0.5, 0.6) is 0 Å². The van der Waals surface area contributed by atoms with Crippen LogP contribution >= 0.6 is 0 Å². The SMILES string of the molecule is COCc1cc(=O)[nH]c2cc(C(C)C)nn12. The summed E-state index contributed by atoms with van der Waals surface area (Å²) in [5.41, 5.74) is 2.30. The molecule has 0 aliphatic rings. The zero-order valence-corrected chi connectivity index (χ0v) is 9.65. The average molecular weight is 221 g/mol. The zero-order valence-electron chi connectivity index (χ0n) is 9.65. The second-order valence-corrected chi connectivity index (χ2v) is 4.08. The predicted octanol–water partition coefficient (Wildman–Crippen LogP) is 1.29. The number of H-pyrrole nitrogens is 1. The van der Waals surface area contributed by atoms with Crippen molar-refractivity contribution in [2.24, 2.45) is 0 Å². The Bertz CT molecular complexity index is 554. The van der Waals surface area contributed by atoms with Crippen molar-refractivity contribution in [1.29, 1.82) is 0 Å². The largest absolute Gasteiger partial charge is 0.378 e. The molecule has 0 radical (unpaired) electrons. The van der Waals surface area contributed by atoms with Crippen LogP contribution in [-0.2, 0) is 11.3 Å². The second-order valence-electron chi connectivity index (χ2n) is 4.08. The van der Waals surface area contributed by atoms with Gasteiger partial charge in [-0.3, -0.25) is 4.79 Å². The summed E-state index contributed by atoms with van der Waals surface area (Å²) in [7, 11) is 1.60. The van der Waals surface area contributed by atoms with E-state index in [1.165, 1.54) is 6.07 Å². The molecule has 1 N–H and O–H groups in total. The third-order valence-corrected chi connectivity index (χ3v) is 2.43. The van der Waals surface area contributed by atoms with E-state index in [1.807, 2.05) is 6.07 Å². The van der Waals surface area contributed by atoms with Gasteiger partial charge in [-0.15, -0.1) is 0 Å². The van der Waals surface area contributed by atoms with E-state index in [1.54, 1.807) is 11.6 Å². The van der Waals surface area contributed by atoms with E-state index >= 15 is 0 Å². The Morgan fingerprint density at radius 3 is 2.88 bits per heavy atom. The summed E-state index contributed by atoms with van der Waals surface area (Å²) < 4.78 is 6.77. The smallest absolute Gasteiger partial charge is 0.251 e. The molecule has 5 heteroatoms. The highest BCUT2D eigenvalue weighted by Crippen LogP contribution is 2.14. The van der Waals surface area contributed by atoms with E-state index in [4.69, 9.17) is 4.74 Å². The maximum Gasteiger partial charge on any atom is 0.251 e. The van der Waals surface area contributed by atoms with Crippen molar-refractivity contribution in [2.45, 2.75) is 26.4 Å². The molecular formula is C11H15N3O2. The van der Waals surface area contributed by atoms with Crippen molar-refractivity contribution in [3.05, 3.63) is 33.9 Å². The molecule has 0 aromatic carbocycles. The molecule has 2 rings (SSSR count). The lowest BCUT2D eigenvalue weighted by molar-refractivity contribution is 0.179. The number of ether oxygens (including phenoxy) is 1. The molecule has 0 aliphatic heterocycles. The maximum absolute atomic E-state index is 11.4. The number of aromatic nitrogens is 3. The lowest BCUT2D eigenvalue weighted by Crippen LogP contribution is -2.12. The molecular weight excluding hydrogens is 206 g/mol. The monoisotopic (exact) mass is 221 g/mol. The highest BCUT2D eigenvalue weighted by atomic mass is 16.5. The van der Waals surface area contributed by atoms with Gasteiger partial charge in [-0.25, -0.2) is 4.52 Å². The number of rotatable bonds is 3. The number of hydrogen-bond donors (Lipinski definition) is 1. The van der Waals surface area contributed by atoms with E-state index in [0.29, 0.717) is 18.2 Å². The minimum Gasteiger partial charge on any atom is -0.378 e. The summed E-state index contributed by atoms with van der Waals surface area (Å²) in [5.74, 6) is 0.332. The van der Waals surface area contributed by atoms with Crippen LogP contribution in [0, 0.1) is 0 Å². The number of methoxy groups -OCH3 is 1. The molecule has 0 atom stereocenters. The summed E-state index contributed by atoms with van der Waals surface area (Å²) >= 11 is 0. The van der Waals surface area contributed by atoms with Gasteiger partial charge in [-0.05, 0) is 5.92 Å². The van der Waals surface area contributed by atoms with Gasteiger partial charge in [0.25, 0.3) is 5.56 Å². The fourth-order valence-corrected chi connectivity index (χ4v) is 1.62. The van der Waals surface area contributed by atoms with Crippen molar-refractivity contribution < 1.29 is 4.74 Å². The van der Waals surface area contributed by atoms with Crippen molar-refractivity contribution in [1.82, 2.24) is 14.6 Å². The molecule has 0 amide bonds. The molecule has 0 aliphatic carbocycles. The summed E-state index contributed by atoms with van der Waals surface area (Å²) in [6.45, 7) is 4.51. The molecule has 0 fully saturated rings. The van der Waals surface area contributed by atoms with Gasteiger partial charge >= 0.3 is 0 Å². The van der Waals surface area contributed by atoms with Crippen LogP contribution in [0.25, 0.3) is 5.65 Å². The molecule has 2 heterocycles. The fraction of sp³-hybridized carbons (Fsp3) is 0.455. The molecule has 5 nitrogen and oxygen atoms in total. The van der Waals surface area contributed by atoms with Gasteiger partial charge in [0.2, 0.25) is 0 Å². The van der Waals surface area contributed by atoms with Crippen LogP contribution in [0.15, 0.2) is 16.9 Å². The molecule has 0 bridgehead atoms. The topological polar surface area (TPSA) is 59.4 Å².